The summed E-state index contributed by atoms with van der Waals surface area (Å²) in [5.41, 5.74) is -0.0553. The Hall–Kier alpha value is -1.59. The van der Waals surface area contributed by atoms with E-state index in [1.807, 2.05) is 13.8 Å². The standard InChI is InChI=1S/C14H19ClN2O3/c1-14(2,9-18)8-17-12(19)7-16-13(20)10-5-3-4-6-11(10)15/h3-6,18H,7-9H2,1-2H3,(H,16,20)(H,17,19). The zero-order valence-electron chi connectivity index (χ0n) is 11.6. The van der Waals surface area contributed by atoms with Gasteiger partial charge < -0.3 is 15.7 Å². The van der Waals surface area contributed by atoms with E-state index in [2.05, 4.69) is 10.6 Å². The molecule has 5 nitrogen and oxygen atoms in total. The maximum Gasteiger partial charge on any atom is 0.253 e. The number of rotatable bonds is 6. The van der Waals surface area contributed by atoms with Crippen molar-refractivity contribution < 1.29 is 14.7 Å². The lowest BCUT2D eigenvalue weighted by Crippen LogP contribution is -2.41. The Morgan fingerprint density at radius 3 is 2.50 bits per heavy atom. The summed E-state index contributed by atoms with van der Waals surface area (Å²) in [4.78, 5) is 23.4. The van der Waals surface area contributed by atoms with Gasteiger partial charge in [-0.1, -0.05) is 37.6 Å². The Balaban J connectivity index is 2.42. The van der Waals surface area contributed by atoms with Crippen LogP contribution < -0.4 is 10.6 Å². The van der Waals surface area contributed by atoms with Crippen molar-refractivity contribution in [2.45, 2.75) is 13.8 Å². The summed E-state index contributed by atoms with van der Waals surface area (Å²) in [6, 6.07) is 6.62. The number of nitrogens with one attached hydrogen (secondary N) is 2. The Labute approximate surface area is 123 Å². The monoisotopic (exact) mass is 298 g/mol. The number of halogens is 1. The highest BCUT2D eigenvalue weighted by Crippen LogP contribution is 2.14. The molecule has 0 heterocycles. The molecule has 0 fully saturated rings. The number of hydrogen-bond acceptors (Lipinski definition) is 3. The first-order valence-electron chi connectivity index (χ1n) is 6.26. The molecule has 110 valence electrons. The molecule has 20 heavy (non-hydrogen) atoms. The number of aliphatic hydroxyl groups excluding tert-OH is 1. The van der Waals surface area contributed by atoms with E-state index in [0.717, 1.165) is 0 Å². The summed E-state index contributed by atoms with van der Waals surface area (Å²) in [5.74, 6) is -0.709. The number of hydrogen-bond donors (Lipinski definition) is 3. The molecule has 1 rings (SSSR count). The summed E-state index contributed by atoms with van der Waals surface area (Å²) in [5, 5.41) is 14.6. The van der Waals surface area contributed by atoms with E-state index in [1.54, 1.807) is 24.3 Å². The van der Waals surface area contributed by atoms with Crippen LogP contribution in [0.2, 0.25) is 5.02 Å². The minimum Gasteiger partial charge on any atom is -0.396 e. The summed E-state index contributed by atoms with van der Waals surface area (Å²) >= 11 is 5.89. The number of aliphatic hydroxyl groups is 1. The van der Waals surface area contributed by atoms with Crippen LogP contribution in [0.4, 0.5) is 0 Å². The lowest BCUT2D eigenvalue weighted by Gasteiger charge is -2.21. The molecule has 1 aromatic rings. The third-order valence-corrected chi connectivity index (χ3v) is 3.05. The molecule has 2 amide bonds. The van der Waals surface area contributed by atoms with Crippen LogP contribution in [0.15, 0.2) is 24.3 Å². The first kappa shape index (κ1) is 16.5. The highest BCUT2D eigenvalue weighted by Gasteiger charge is 2.17. The molecule has 0 radical (unpaired) electrons. The fraction of sp³-hybridized carbons (Fsp3) is 0.429. The van der Waals surface area contributed by atoms with E-state index in [1.165, 1.54) is 0 Å². The molecule has 0 atom stereocenters. The molecule has 0 bridgehead atoms. The summed E-state index contributed by atoms with van der Waals surface area (Å²) < 4.78 is 0. The van der Waals surface area contributed by atoms with Crippen molar-refractivity contribution >= 4 is 23.4 Å². The summed E-state index contributed by atoms with van der Waals surface area (Å²) in [6.45, 7) is 3.83. The molecular weight excluding hydrogens is 280 g/mol. The molecule has 0 saturated carbocycles. The zero-order valence-corrected chi connectivity index (χ0v) is 12.3. The predicted octanol–water partition coefficient (Wildman–Crippen LogP) is 1.20. The minimum atomic E-state index is -0.396. The van der Waals surface area contributed by atoms with Gasteiger partial charge in [0.1, 0.15) is 0 Å². The maximum atomic E-state index is 11.8. The van der Waals surface area contributed by atoms with E-state index < -0.39 is 5.91 Å². The molecule has 0 aromatic heterocycles. The smallest absolute Gasteiger partial charge is 0.253 e. The van der Waals surface area contributed by atoms with Crippen molar-refractivity contribution in [3.05, 3.63) is 34.9 Å². The average Bonchev–Trinajstić information content (AvgIpc) is 2.43. The van der Waals surface area contributed by atoms with Gasteiger partial charge in [0.2, 0.25) is 5.91 Å². The van der Waals surface area contributed by atoms with Gasteiger partial charge in [-0.25, -0.2) is 0 Å². The number of amides is 2. The van der Waals surface area contributed by atoms with E-state index in [-0.39, 0.29) is 24.5 Å². The number of carbonyl (C=O) groups excluding carboxylic acids is 2. The number of benzene rings is 1. The van der Waals surface area contributed by atoms with Crippen LogP contribution in [-0.2, 0) is 4.79 Å². The van der Waals surface area contributed by atoms with Gasteiger partial charge >= 0.3 is 0 Å². The minimum absolute atomic E-state index is 0.0285. The van der Waals surface area contributed by atoms with Crippen molar-refractivity contribution in [3.63, 3.8) is 0 Å². The molecule has 6 heteroatoms. The average molecular weight is 299 g/mol. The van der Waals surface area contributed by atoms with Gasteiger partial charge in [-0.3, -0.25) is 9.59 Å². The van der Waals surface area contributed by atoms with E-state index in [9.17, 15) is 9.59 Å². The Morgan fingerprint density at radius 2 is 1.90 bits per heavy atom. The van der Waals surface area contributed by atoms with Crippen molar-refractivity contribution in [1.29, 1.82) is 0 Å². The Bertz CT molecular complexity index is 489. The molecule has 0 aliphatic rings. The van der Waals surface area contributed by atoms with Crippen LogP contribution in [0.1, 0.15) is 24.2 Å². The van der Waals surface area contributed by atoms with Crippen LogP contribution in [-0.4, -0.2) is 36.6 Å². The molecule has 3 N–H and O–H groups in total. The molecule has 0 aliphatic carbocycles. The highest BCUT2D eigenvalue weighted by molar-refractivity contribution is 6.33. The van der Waals surface area contributed by atoms with Gasteiger partial charge in [-0.05, 0) is 12.1 Å². The molecule has 0 spiro atoms. The fourth-order valence-corrected chi connectivity index (χ4v) is 1.58. The fourth-order valence-electron chi connectivity index (χ4n) is 1.36. The van der Waals surface area contributed by atoms with E-state index in [0.29, 0.717) is 17.1 Å². The van der Waals surface area contributed by atoms with Crippen LogP contribution in [0.25, 0.3) is 0 Å². The van der Waals surface area contributed by atoms with Crippen LogP contribution in [0, 0.1) is 5.41 Å². The third kappa shape index (κ3) is 5.19. The van der Waals surface area contributed by atoms with Crippen molar-refractivity contribution in [3.8, 4) is 0 Å². The van der Waals surface area contributed by atoms with Gasteiger partial charge in [0.15, 0.2) is 0 Å². The molecular formula is C14H19ClN2O3. The Morgan fingerprint density at radius 1 is 1.25 bits per heavy atom. The first-order valence-corrected chi connectivity index (χ1v) is 6.64. The second-order valence-corrected chi connectivity index (χ2v) is 5.67. The van der Waals surface area contributed by atoms with E-state index in [4.69, 9.17) is 16.7 Å². The lowest BCUT2D eigenvalue weighted by molar-refractivity contribution is -0.120. The Kier molecular flexibility index (Phi) is 5.98. The predicted molar refractivity (Wildman–Crippen MR) is 77.7 cm³/mol. The largest absolute Gasteiger partial charge is 0.396 e. The van der Waals surface area contributed by atoms with Crippen LogP contribution >= 0.6 is 11.6 Å². The highest BCUT2D eigenvalue weighted by atomic mass is 35.5. The lowest BCUT2D eigenvalue weighted by atomic mass is 9.95. The molecule has 1 aromatic carbocycles. The van der Waals surface area contributed by atoms with Gasteiger partial charge in [-0.2, -0.15) is 0 Å². The van der Waals surface area contributed by atoms with Crippen LogP contribution in [0.3, 0.4) is 0 Å². The molecule has 0 aliphatic heterocycles. The van der Waals surface area contributed by atoms with Crippen molar-refractivity contribution in [2.75, 3.05) is 19.7 Å². The second kappa shape index (κ2) is 7.26. The normalized spacial score (nSPS) is 11.0. The van der Waals surface area contributed by atoms with Crippen LogP contribution in [0.5, 0.6) is 0 Å². The van der Waals surface area contributed by atoms with E-state index >= 15 is 0 Å². The molecule has 0 saturated heterocycles. The summed E-state index contributed by atoms with van der Waals surface area (Å²) in [6.07, 6.45) is 0. The van der Waals surface area contributed by atoms with Gasteiger partial charge in [0, 0.05) is 18.6 Å². The number of carbonyl (C=O) groups is 2. The van der Waals surface area contributed by atoms with Gasteiger partial charge in [0.25, 0.3) is 5.91 Å². The van der Waals surface area contributed by atoms with Crippen molar-refractivity contribution in [2.24, 2.45) is 5.41 Å². The molecule has 0 unspecified atom stereocenters. The second-order valence-electron chi connectivity index (χ2n) is 5.26. The maximum absolute atomic E-state index is 11.8. The summed E-state index contributed by atoms with van der Waals surface area (Å²) in [7, 11) is 0. The SMILES string of the molecule is CC(C)(CO)CNC(=O)CNC(=O)c1ccccc1Cl. The topological polar surface area (TPSA) is 78.4 Å². The van der Waals surface area contributed by atoms with Gasteiger partial charge in [0.05, 0.1) is 17.1 Å². The first-order chi connectivity index (χ1) is 9.35. The zero-order chi connectivity index (χ0) is 15.2. The third-order valence-electron chi connectivity index (χ3n) is 2.72. The quantitative estimate of drug-likeness (QED) is 0.738. The van der Waals surface area contributed by atoms with Gasteiger partial charge in [-0.15, -0.1) is 0 Å². The van der Waals surface area contributed by atoms with Crippen molar-refractivity contribution in [1.82, 2.24) is 10.6 Å².